The summed E-state index contributed by atoms with van der Waals surface area (Å²) >= 11 is 0. The summed E-state index contributed by atoms with van der Waals surface area (Å²) in [5.41, 5.74) is 5.68. The van der Waals surface area contributed by atoms with Crippen molar-refractivity contribution in [2.45, 2.75) is 24.7 Å². The zero-order valence-electron chi connectivity index (χ0n) is 17.0. The number of rotatable bonds is 7. The lowest BCUT2D eigenvalue weighted by molar-refractivity contribution is -0.122. The van der Waals surface area contributed by atoms with Gasteiger partial charge in [0.15, 0.2) is 0 Å². The summed E-state index contributed by atoms with van der Waals surface area (Å²) < 4.78 is 47.0. The lowest BCUT2D eigenvalue weighted by atomic mass is 9.98. The van der Waals surface area contributed by atoms with Crippen molar-refractivity contribution in [1.82, 2.24) is 4.31 Å². The highest BCUT2D eigenvalue weighted by molar-refractivity contribution is 7.89. The van der Waals surface area contributed by atoms with Gasteiger partial charge < -0.3 is 15.8 Å². The first-order valence-electron chi connectivity index (χ1n) is 9.86. The van der Waals surface area contributed by atoms with E-state index in [0.717, 1.165) is 16.4 Å². The van der Waals surface area contributed by atoms with Crippen LogP contribution < -0.4 is 15.8 Å². The molecule has 166 valence electrons. The molecule has 3 N–H and O–H groups in total. The number of hydrogen-bond acceptors (Lipinski definition) is 5. The first kappa shape index (κ1) is 22.7. The number of amides is 2. The number of anilines is 1. The number of sulfonamides is 1. The topological polar surface area (TPSA) is 119 Å². The Morgan fingerprint density at radius 3 is 2.52 bits per heavy atom. The number of piperidine rings is 1. The van der Waals surface area contributed by atoms with Gasteiger partial charge in [-0.2, -0.15) is 4.31 Å². The van der Waals surface area contributed by atoms with Gasteiger partial charge in [-0.25, -0.2) is 12.8 Å². The van der Waals surface area contributed by atoms with Gasteiger partial charge in [-0.3, -0.25) is 9.59 Å². The minimum atomic E-state index is -4.19. The molecule has 1 aliphatic heterocycles. The Balaban J connectivity index is 1.83. The number of carbonyl (C=O) groups is 2. The summed E-state index contributed by atoms with van der Waals surface area (Å²) in [6, 6.07) is 9.99. The molecule has 0 spiro atoms. The molecule has 1 fully saturated rings. The van der Waals surface area contributed by atoms with Gasteiger partial charge in [0.25, 0.3) is 5.91 Å². The minimum Gasteiger partial charge on any atom is -0.492 e. The zero-order chi connectivity index (χ0) is 22.6. The highest BCUT2D eigenvalue weighted by Gasteiger charge is 2.33. The predicted molar refractivity (Wildman–Crippen MR) is 113 cm³/mol. The molecule has 1 heterocycles. The van der Waals surface area contributed by atoms with Gasteiger partial charge in [-0.05, 0) is 50.1 Å². The van der Waals surface area contributed by atoms with Gasteiger partial charge in [0.05, 0.1) is 12.3 Å². The number of benzene rings is 2. The number of nitrogens with one attached hydrogen (secondary N) is 1. The molecule has 3 rings (SSSR count). The fourth-order valence-electron chi connectivity index (χ4n) is 3.41. The standard InChI is InChI=1S/C21H24FN3O5S/c1-2-30-18-6-4-3-5-17(18)24-21(27)15-7-8-16(22)19(13-15)31(28,29)25-11-9-14(10-12-25)20(23)26/h3-8,13-14H,2,9-12H2,1H3,(H2,23,26)(H,24,27). The lowest BCUT2D eigenvalue weighted by Crippen LogP contribution is -2.42. The highest BCUT2D eigenvalue weighted by atomic mass is 32.2. The summed E-state index contributed by atoms with van der Waals surface area (Å²) in [5.74, 6) is -1.97. The van der Waals surface area contributed by atoms with Gasteiger partial charge in [0.2, 0.25) is 15.9 Å². The van der Waals surface area contributed by atoms with Crippen LogP contribution in [0.2, 0.25) is 0 Å². The van der Waals surface area contributed by atoms with Crippen LogP contribution in [0.3, 0.4) is 0 Å². The molecule has 2 amide bonds. The van der Waals surface area contributed by atoms with Crippen molar-refractivity contribution in [3.8, 4) is 5.75 Å². The van der Waals surface area contributed by atoms with E-state index in [1.165, 1.54) is 6.07 Å². The molecular formula is C21H24FN3O5S. The number of halogens is 1. The first-order valence-corrected chi connectivity index (χ1v) is 11.3. The molecule has 0 bridgehead atoms. The molecule has 8 nitrogen and oxygen atoms in total. The van der Waals surface area contributed by atoms with E-state index < -0.39 is 38.5 Å². The van der Waals surface area contributed by atoms with Crippen LogP contribution in [-0.4, -0.2) is 44.2 Å². The van der Waals surface area contributed by atoms with Crippen molar-refractivity contribution in [2.24, 2.45) is 11.7 Å². The van der Waals surface area contributed by atoms with Crippen LogP contribution in [0.15, 0.2) is 47.4 Å². The third-order valence-electron chi connectivity index (χ3n) is 5.10. The molecule has 0 aromatic heterocycles. The smallest absolute Gasteiger partial charge is 0.255 e. The average molecular weight is 450 g/mol. The second-order valence-electron chi connectivity index (χ2n) is 7.11. The van der Waals surface area contributed by atoms with Crippen molar-refractivity contribution in [1.29, 1.82) is 0 Å². The molecule has 0 unspecified atom stereocenters. The fourth-order valence-corrected chi connectivity index (χ4v) is 4.97. The van der Waals surface area contributed by atoms with Crippen LogP contribution in [0.1, 0.15) is 30.1 Å². The number of para-hydroxylation sites is 2. The van der Waals surface area contributed by atoms with E-state index in [2.05, 4.69) is 5.32 Å². The van der Waals surface area contributed by atoms with Crippen molar-refractivity contribution in [3.05, 3.63) is 53.8 Å². The Bertz CT molecular complexity index is 1080. The lowest BCUT2D eigenvalue weighted by Gasteiger charge is -2.29. The van der Waals surface area contributed by atoms with E-state index in [0.29, 0.717) is 18.0 Å². The summed E-state index contributed by atoms with van der Waals surface area (Å²) in [7, 11) is -4.19. The Morgan fingerprint density at radius 1 is 1.19 bits per heavy atom. The van der Waals surface area contributed by atoms with Crippen molar-refractivity contribution in [3.63, 3.8) is 0 Å². The Kier molecular flexibility index (Phi) is 6.91. The molecule has 2 aromatic rings. The molecule has 2 aromatic carbocycles. The number of nitrogens with zero attached hydrogens (tertiary/aromatic N) is 1. The minimum absolute atomic E-state index is 0.0155. The second-order valence-corrected chi connectivity index (χ2v) is 9.02. The molecule has 31 heavy (non-hydrogen) atoms. The summed E-state index contributed by atoms with van der Waals surface area (Å²) in [4.78, 5) is 23.4. The number of ether oxygens (including phenoxy) is 1. The monoisotopic (exact) mass is 449 g/mol. The number of primary amides is 1. The number of nitrogens with two attached hydrogens (primary N) is 1. The maximum atomic E-state index is 14.4. The summed E-state index contributed by atoms with van der Waals surface area (Å²) in [5, 5.41) is 2.66. The fraction of sp³-hybridized carbons (Fsp3) is 0.333. The highest BCUT2D eigenvalue weighted by Crippen LogP contribution is 2.28. The summed E-state index contributed by atoms with van der Waals surface area (Å²) in [6.07, 6.45) is 0.537. The molecule has 1 saturated heterocycles. The van der Waals surface area contributed by atoms with Crippen LogP contribution in [-0.2, 0) is 14.8 Å². The van der Waals surface area contributed by atoms with E-state index in [-0.39, 0.29) is 31.5 Å². The third-order valence-corrected chi connectivity index (χ3v) is 7.02. The molecule has 10 heteroatoms. The molecular weight excluding hydrogens is 425 g/mol. The van der Waals surface area contributed by atoms with Gasteiger partial charge >= 0.3 is 0 Å². The van der Waals surface area contributed by atoms with Crippen LogP contribution in [0.4, 0.5) is 10.1 Å². The maximum Gasteiger partial charge on any atom is 0.255 e. The Labute approximate surface area is 180 Å². The third kappa shape index (κ3) is 5.02. The van der Waals surface area contributed by atoms with Gasteiger partial charge in [-0.1, -0.05) is 12.1 Å². The largest absolute Gasteiger partial charge is 0.492 e. The predicted octanol–water partition coefficient (Wildman–Crippen LogP) is 2.36. The SMILES string of the molecule is CCOc1ccccc1NC(=O)c1ccc(F)c(S(=O)(=O)N2CCC(C(N)=O)CC2)c1. The normalized spacial score (nSPS) is 15.4. The molecule has 0 saturated carbocycles. The van der Waals surface area contributed by atoms with Crippen LogP contribution in [0.5, 0.6) is 5.75 Å². The number of hydrogen-bond donors (Lipinski definition) is 2. The van der Waals surface area contributed by atoms with Crippen molar-refractivity contribution < 1.29 is 27.1 Å². The molecule has 0 atom stereocenters. The first-order chi connectivity index (χ1) is 14.7. The number of carbonyl (C=O) groups excluding carboxylic acids is 2. The van der Waals surface area contributed by atoms with Gasteiger partial charge in [-0.15, -0.1) is 0 Å². The molecule has 0 radical (unpaired) electrons. The van der Waals surface area contributed by atoms with Gasteiger partial charge in [0, 0.05) is 24.6 Å². The molecule has 0 aliphatic carbocycles. The Hall–Kier alpha value is -2.98. The van der Waals surface area contributed by atoms with Crippen LogP contribution in [0.25, 0.3) is 0 Å². The second kappa shape index (κ2) is 9.44. The quantitative estimate of drug-likeness (QED) is 0.673. The van der Waals surface area contributed by atoms with E-state index in [4.69, 9.17) is 10.5 Å². The van der Waals surface area contributed by atoms with E-state index in [1.54, 1.807) is 24.3 Å². The maximum absolute atomic E-state index is 14.4. The van der Waals surface area contributed by atoms with Crippen LogP contribution in [0, 0.1) is 11.7 Å². The summed E-state index contributed by atoms with van der Waals surface area (Å²) in [6.45, 7) is 2.31. The van der Waals surface area contributed by atoms with Crippen LogP contribution >= 0.6 is 0 Å². The van der Waals surface area contributed by atoms with E-state index in [9.17, 15) is 22.4 Å². The Morgan fingerprint density at radius 2 is 1.87 bits per heavy atom. The van der Waals surface area contributed by atoms with E-state index >= 15 is 0 Å². The van der Waals surface area contributed by atoms with Crippen molar-refractivity contribution in [2.75, 3.05) is 25.0 Å². The zero-order valence-corrected chi connectivity index (χ0v) is 17.8. The average Bonchev–Trinajstić information content (AvgIpc) is 2.75. The van der Waals surface area contributed by atoms with E-state index in [1.807, 2.05) is 6.92 Å². The van der Waals surface area contributed by atoms with Crippen molar-refractivity contribution >= 4 is 27.5 Å². The van der Waals surface area contributed by atoms with Gasteiger partial charge in [0.1, 0.15) is 16.5 Å². The molecule has 1 aliphatic rings.